The first kappa shape index (κ1) is 33.9. The van der Waals surface area contributed by atoms with Crippen molar-refractivity contribution in [3.63, 3.8) is 0 Å². The number of nitrogens with one attached hydrogen (secondary N) is 1. The molecule has 1 N–H and O–H groups in total. The average molecular weight is 654 g/mol. The number of benzene rings is 4. The lowest BCUT2D eigenvalue weighted by atomic mass is 9.77. The molecule has 0 fully saturated rings. The van der Waals surface area contributed by atoms with Crippen molar-refractivity contribution in [3.8, 4) is 11.5 Å². The lowest BCUT2D eigenvalue weighted by molar-refractivity contribution is -0.140. The first-order valence-electron chi connectivity index (χ1n) is 13.5. The number of halogens is 9. The van der Waals surface area contributed by atoms with E-state index in [1.165, 1.54) is 6.07 Å². The maximum atomic E-state index is 15.1. The van der Waals surface area contributed by atoms with Gasteiger partial charge in [-0.15, -0.1) is 0 Å². The smallest absolute Gasteiger partial charge is 0.419 e. The molecule has 0 saturated heterocycles. The molecule has 4 aromatic carbocycles. The summed E-state index contributed by atoms with van der Waals surface area (Å²) in [6.07, 6.45) is -8.87. The standard InChI is InChI=1S/C33H24F9NO3/c1-18(2)45-28-15-21(9-11-27(28)36)32(17-19-6-4-3-5-7-19,22-13-23(34)16-24(14-22)46-30(39)29(37)38)43-31(44)20-8-10-26(35)25(12-20)33(40,41)42/h3-16,18H,17H2,1-2H3,(H,43,44). The lowest BCUT2D eigenvalue weighted by Crippen LogP contribution is -2.48. The van der Waals surface area contributed by atoms with E-state index in [-0.39, 0.29) is 29.4 Å². The van der Waals surface area contributed by atoms with Crippen LogP contribution in [0.3, 0.4) is 0 Å². The Bertz CT molecular complexity index is 1750. The van der Waals surface area contributed by atoms with Crippen molar-refractivity contribution in [2.75, 3.05) is 0 Å². The minimum atomic E-state index is -5.17. The third kappa shape index (κ3) is 7.82. The van der Waals surface area contributed by atoms with Crippen LogP contribution in [-0.4, -0.2) is 12.0 Å². The van der Waals surface area contributed by atoms with Crippen molar-refractivity contribution in [3.05, 3.63) is 142 Å². The summed E-state index contributed by atoms with van der Waals surface area (Å²) in [4.78, 5) is 13.8. The van der Waals surface area contributed by atoms with E-state index in [1.54, 1.807) is 44.2 Å². The number of ether oxygens (including phenoxy) is 2. The maximum absolute atomic E-state index is 15.1. The number of alkyl halides is 3. The monoisotopic (exact) mass is 653 g/mol. The Morgan fingerprint density at radius 2 is 1.48 bits per heavy atom. The molecular formula is C33H24F9NO3. The van der Waals surface area contributed by atoms with Gasteiger partial charge in [-0.2, -0.15) is 26.3 Å². The molecule has 4 aromatic rings. The fourth-order valence-corrected chi connectivity index (χ4v) is 4.73. The van der Waals surface area contributed by atoms with Crippen molar-refractivity contribution >= 4 is 5.91 Å². The van der Waals surface area contributed by atoms with Gasteiger partial charge in [-0.3, -0.25) is 4.79 Å². The van der Waals surface area contributed by atoms with Crippen LogP contribution in [-0.2, 0) is 18.1 Å². The van der Waals surface area contributed by atoms with E-state index in [0.29, 0.717) is 17.7 Å². The Balaban J connectivity index is 2.02. The van der Waals surface area contributed by atoms with Gasteiger partial charge in [0.25, 0.3) is 5.91 Å². The van der Waals surface area contributed by atoms with Gasteiger partial charge in [0.15, 0.2) is 11.6 Å². The van der Waals surface area contributed by atoms with Crippen molar-refractivity contribution in [2.45, 2.75) is 38.1 Å². The maximum Gasteiger partial charge on any atom is 0.419 e. The van der Waals surface area contributed by atoms with E-state index in [4.69, 9.17) is 4.74 Å². The van der Waals surface area contributed by atoms with Crippen LogP contribution in [0.4, 0.5) is 39.5 Å². The highest BCUT2D eigenvalue weighted by Crippen LogP contribution is 2.39. The largest absolute Gasteiger partial charge is 0.488 e. The Morgan fingerprint density at radius 1 is 0.804 bits per heavy atom. The molecule has 1 atom stereocenters. The van der Waals surface area contributed by atoms with Crippen LogP contribution >= 0.6 is 0 Å². The SMILES string of the molecule is CC(C)Oc1cc(C(Cc2ccccc2)(NC(=O)c2ccc(F)c(C(F)(F)F)c2)c2cc(F)cc(OC(F)=C(F)F)c2)ccc1F. The van der Waals surface area contributed by atoms with Gasteiger partial charge in [-0.05, 0) is 73.0 Å². The fraction of sp³-hybridized carbons (Fsp3) is 0.182. The zero-order valence-corrected chi connectivity index (χ0v) is 24.0. The zero-order chi connectivity index (χ0) is 33.8. The van der Waals surface area contributed by atoms with E-state index >= 15 is 4.39 Å². The number of hydrogen-bond acceptors (Lipinski definition) is 3. The van der Waals surface area contributed by atoms with E-state index < -0.39 is 70.1 Å². The summed E-state index contributed by atoms with van der Waals surface area (Å²) in [5.41, 5.74) is -4.28. The first-order chi connectivity index (χ1) is 21.6. The topological polar surface area (TPSA) is 47.6 Å². The molecule has 0 aliphatic heterocycles. The van der Waals surface area contributed by atoms with Crippen molar-refractivity contribution in [2.24, 2.45) is 0 Å². The molecular weight excluding hydrogens is 629 g/mol. The van der Waals surface area contributed by atoms with Crippen LogP contribution in [0.15, 0.2) is 97.0 Å². The third-order valence-corrected chi connectivity index (χ3v) is 6.68. The van der Waals surface area contributed by atoms with Gasteiger partial charge in [0.05, 0.1) is 17.2 Å². The second kappa shape index (κ2) is 13.6. The second-order valence-electron chi connectivity index (χ2n) is 10.3. The molecule has 4 nitrogen and oxygen atoms in total. The molecule has 0 aliphatic carbocycles. The zero-order valence-electron chi connectivity index (χ0n) is 24.0. The molecule has 0 radical (unpaired) electrons. The van der Waals surface area contributed by atoms with Gasteiger partial charge in [0.2, 0.25) is 0 Å². The quantitative estimate of drug-likeness (QED) is 0.137. The Hall–Kier alpha value is -4.94. The molecule has 13 heteroatoms. The average Bonchev–Trinajstić information content (AvgIpc) is 2.97. The van der Waals surface area contributed by atoms with Gasteiger partial charge >= 0.3 is 18.3 Å². The fourth-order valence-electron chi connectivity index (χ4n) is 4.73. The first-order valence-corrected chi connectivity index (χ1v) is 13.5. The molecule has 0 saturated carbocycles. The number of carbonyl (C=O) groups is 1. The molecule has 1 unspecified atom stereocenters. The number of carbonyl (C=O) groups excluding carboxylic acids is 1. The Morgan fingerprint density at radius 3 is 2.11 bits per heavy atom. The molecule has 0 heterocycles. The van der Waals surface area contributed by atoms with Gasteiger partial charge in [-0.1, -0.05) is 36.4 Å². The normalized spacial score (nSPS) is 12.8. The second-order valence-corrected chi connectivity index (χ2v) is 10.3. The molecule has 1 amide bonds. The summed E-state index contributed by atoms with van der Waals surface area (Å²) in [5, 5.41) is 2.57. The summed E-state index contributed by atoms with van der Waals surface area (Å²) < 4.78 is 134. The van der Waals surface area contributed by atoms with Crippen molar-refractivity contribution < 1.29 is 53.8 Å². The summed E-state index contributed by atoms with van der Waals surface area (Å²) >= 11 is 0. The Labute approximate surface area is 257 Å². The highest BCUT2D eigenvalue weighted by molar-refractivity contribution is 5.95. The molecule has 0 aromatic heterocycles. The minimum Gasteiger partial charge on any atom is -0.488 e. The van der Waals surface area contributed by atoms with Crippen LogP contribution in [0.2, 0.25) is 0 Å². The van der Waals surface area contributed by atoms with Crippen LogP contribution < -0.4 is 14.8 Å². The van der Waals surface area contributed by atoms with Crippen molar-refractivity contribution in [1.29, 1.82) is 0 Å². The van der Waals surface area contributed by atoms with Crippen molar-refractivity contribution in [1.82, 2.24) is 5.32 Å². The molecule has 0 bridgehead atoms. The van der Waals surface area contributed by atoms with Crippen LogP contribution in [0.25, 0.3) is 0 Å². The Kier molecular flexibility index (Phi) is 10.0. The molecule has 0 spiro atoms. The van der Waals surface area contributed by atoms with Gasteiger partial charge in [0, 0.05) is 18.1 Å². The highest BCUT2D eigenvalue weighted by Gasteiger charge is 2.40. The highest BCUT2D eigenvalue weighted by atomic mass is 19.4. The van der Waals surface area contributed by atoms with Crippen LogP contribution in [0, 0.1) is 17.5 Å². The summed E-state index contributed by atoms with van der Waals surface area (Å²) in [7, 11) is 0. The van der Waals surface area contributed by atoms with Crippen LogP contribution in [0.1, 0.15) is 46.5 Å². The predicted octanol–water partition coefficient (Wildman–Crippen LogP) is 9.24. The molecule has 46 heavy (non-hydrogen) atoms. The summed E-state index contributed by atoms with van der Waals surface area (Å²) in [6.45, 7) is 3.19. The lowest BCUT2D eigenvalue weighted by Gasteiger charge is -2.37. The summed E-state index contributed by atoms with van der Waals surface area (Å²) in [6, 6.07) is 12.9. The number of hydrogen-bond donors (Lipinski definition) is 1. The molecule has 0 aliphatic rings. The molecule has 242 valence electrons. The van der Waals surface area contributed by atoms with Gasteiger partial charge in [0.1, 0.15) is 17.4 Å². The minimum absolute atomic E-state index is 0.0101. The van der Waals surface area contributed by atoms with E-state index in [9.17, 15) is 39.9 Å². The van der Waals surface area contributed by atoms with Crippen LogP contribution in [0.5, 0.6) is 11.5 Å². The number of rotatable bonds is 10. The van der Waals surface area contributed by atoms with E-state index in [0.717, 1.165) is 30.3 Å². The summed E-state index contributed by atoms with van der Waals surface area (Å²) in [5.74, 6) is -5.93. The predicted molar refractivity (Wildman–Crippen MR) is 149 cm³/mol. The van der Waals surface area contributed by atoms with Gasteiger partial charge in [-0.25, -0.2) is 13.2 Å². The molecule has 4 rings (SSSR count). The third-order valence-electron chi connectivity index (χ3n) is 6.68. The number of amides is 1. The van der Waals surface area contributed by atoms with E-state index in [2.05, 4.69) is 10.1 Å². The van der Waals surface area contributed by atoms with Gasteiger partial charge < -0.3 is 14.8 Å². The van der Waals surface area contributed by atoms with E-state index in [1.807, 2.05) is 0 Å².